The maximum absolute atomic E-state index is 5.86. The Morgan fingerprint density at radius 1 is 0.880 bits per heavy atom. The zero-order chi connectivity index (χ0) is 17.1. The molecule has 1 fully saturated rings. The molecule has 25 heavy (non-hydrogen) atoms. The lowest BCUT2D eigenvalue weighted by Gasteiger charge is -2.35. The van der Waals surface area contributed by atoms with E-state index in [1.165, 1.54) is 5.69 Å². The van der Waals surface area contributed by atoms with Crippen LogP contribution in [0.1, 0.15) is 5.89 Å². The molecular formula is C19H19BrN4O. The van der Waals surface area contributed by atoms with Crippen molar-refractivity contribution in [3.63, 3.8) is 0 Å². The minimum absolute atomic E-state index is 0.561. The normalized spacial score (nSPS) is 15.5. The molecule has 128 valence electrons. The Kier molecular flexibility index (Phi) is 4.81. The Labute approximate surface area is 155 Å². The SMILES string of the molecule is Brc1ccccc1-c1nnc(CN2CCN(c3ccccc3)CC2)o1. The maximum Gasteiger partial charge on any atom is 0.248 e. The highest BCUT2D eigenvalue weighted by molar-refractivity contribution is 9.10. The second-order valence-electron chi connectivity index (χ2n) is 6.08. The highest BCUT2D eigenvalue weighted by Crippen LogP contribution is 2.27. The Morgan fingerprint density at radius 2 is 1.60 bits per heavy atom. The Morgan fingerprint density at radius 3 is 2.36 bits per heavy atom. The number of piperazine rings is 1. The van der Waals surface area contributed by atoms with Crippen LogP contribution in [0, 0.1) is 0 Å². The summed E-state index contributed by atoms with van der Waals surface area (Å²) in [5.74, 6) is 1.23. The first-order chi connectivity index (χ1) is 12.3. The second-order valence-corrected chi connectivity index (χ2v) is 6.93. The van der Waals surface area contributed by atoms with Crippen molar-refractivity contribution in [2.24, 2.45) is 0 Å². The van der Waals surface area contributed by atoms with Crippen molar-refractivity contribution in [1.82, 2.24) is 15.1 Å². The summed E-state index contributed by atoms with van der Waals surface area (Å²) in [4.78, 5) is 4.77. The van der Waals surface area contributed by atoms with Gasteiger partial charge in [0.15, 0.2) is 0 Å². The summed E-state index contributed by atoms with van der Waals surface area (Å²) in [5, 5.41) is 8.40. The van der Waals surface area contributed by atoms with Crippen LogP contribution in [0.2, 0.25) is 0 Å². The second kappa shape index (κ2) is 7.37. The third kappa shape index (κ3) is 3.75. The first-order valence-corrected chi connectivity index (χ1v) is 9.18. The molecule has 0 amide bonds. The Balaban J connectivity index is 1.37. The van der Waals surface area contributed by atoms with Crippen LogP contribution in [0.5, 0.6) is 0 Å². The first-order valence-electron chi connectivity index (χ1n) is 8.39. The van der Waals surface area contributed by atoms with Gasteiger partial charge in [-0.3, -0.25) is 4.90 Å². The molecule has 0 radical (unpaired) electrons. The predicted octanol–water partition coefficient (Wildman–Crippen LogP) is 3.82. The van der Waals surface area contributed by atoms with E-state index in [0.29, 0.717) is 18.3 Å². The lowest BCUT2D eigenvalue weighted by molar-refractivity contribution is 0.227. The molecule has 3 aromatic rings. The van der Waals surface area contributed by atoms with Crippen LogP contribution in [0.4, 0.5) is 5.69 Å². The van der Waals surface area contributed by atoms with E-state index in [-0.39, 0.29) is 0 Å². The van der Waals surface area contributed by atoms with Gasteiger partial charge in [-0.2, -0.15) is 0 Å². The molecule has 1 aliphatic heterocycles. The average molecular weight is 399 g/mol. The van der Waals surface area contributed by atoms with Crippen molar-refractivity contribution in [3.8, 4) is 11.5 Å². The number of anilines is 1. The van der Waals surface area contributed by atoms with Crippen molar-refractivity contribution in [2.75, 3.05) is 31.1 Å². The molecule has 6 heteroatoms. The van der Waals surface area contributed by atoms with Gasteiger partial charge in [-0.05, 0) is 40.2 Å². The highest BCUT2D eigenvalue weighted by Gasteiger charge is 2.19. The van der Waals surface area contributed by atoms with Crippen LogP contribution in [0.15, 0.2) is 63.5 Å². The van der Waals surface area contributed by atoms with Gasteiger partial charge in [0.25, 0.3) is 0 Å². The van der Waals surface area contributed by atoms with E-state index < -0.39 is 0 Å². The molecule has 1 saturated heterocycles. The highest BCUT2D eigenvalue weighted by atomic mass is 79.9. The fraction of sp³-hybridized carbons (Fsp3) is 0.263. The van der Waals surface area contributed by atoms with Crippen LogP contribution >= 0.6 is 15.9 Å². The minimum atomic E-state index is 0.561. The van der Waals surface area contributed by atoms with Gasteiger partial charge < -0.3 is 9.32 Å². The number of halogens is 1. The molecule has 0 saturated carbocycles. The molecule has 2 aromatic carbocycles. The zero-order valence-corrected chi connectivity index (χ0v) is 15.4. The number of nitrogens with zero attached hydrogens (tertiary/aromatic N) is 4. The van der Waals surface area contributed by atoms with Crippen molar-refractivity contribution >= 4 is 21.6 Å². The van der Waals surface area contributed by atoms with E-state index in [0.717, 1.165) is 36.2 Å². The molecule has 2 heterocycles. The van der Waals surface area contributed by atoms with Gasteiger partial charge in [-0.15, -0.1) is 10.2 Å². The molecule has 1 aliphatic rings. The van der Waals surface area contributed by atoms with Crippen LogP contribution in [0.25, 0.3) is 11.5 Å². The number of aromatic nitrogens is 2. The van der Waals surface area contributed by atoms with Crippen molar-refractivity contribution < 1.29 is 4.42 Å². The Hall–Kier alpha value is -2.18. The molecular weight excluding hydrogens is 380 g/mol. The van der Waals surface area contributed by atoms with Gasteiger partial charge in [0.2, 0.25) is 11.8 Å². The summed E-state index contributed by atoms with van der Waals surface area (Å²) >= 11 is 3.53. The smallest absolute Gasteiger partial charge is 0.248 e. The third-order valence-corrected chi connectivity index (χ3v) is 5.12. The Bertz CT molecular complexity index is 828. The maximum atomic E-state index is 5.86. The minimum Gasteiger partial charge on any atom is -0.419 e. The number of benzene rings is 2. The summed E-state index contributed by atoms with van der Waals surface area (Å²) in [6.45, 7) is 4.69. The summed E-state index contributed by atoms with van der Waals surface area (Å²) in [6, 6.07) is 18.4. The summed E-state index contributed by atoms with van der Waals surface area (Å²) < 4.78 is 6.82. The van der Waals surface area contributed by atoms with E-state index in [2.05, 4.69) is 66.3 Å². The van der Waals surface area contributed by atoms with Crippen LogP contribution in [0.3, 0.4) is 0 Å². The monoisotopic (exact) mass is 398 g/mol. The largest absolute Gasteiger partial charge is 0.419 e. The van der Waals surface area contributed by atoms with Crippen LogP contribution < -0.4 is 4.90 Å². The molecule has 0 aliphatic carbocycles. The fourth-order valence-electron chi connectivity index (χ4n) is 3.06. The molecule has 4 rings (SSSR count). The molecule has 0 N–H and O–H groups in total. The topological polar surface area (TPSA) is 45.4 Å². The standard InChI is InChI=1S/C19H19BrN4O/c20-17-9-5-4-8-16(17)19-22-21-18(25-19)14-23-10-12-24(13-11-23)15-6-2-1-3-7-15/h1-9H,10-14H2. The van der Waals surface area contributed by atoms with Gasteiger partial charge >= 0.3 is 0 Å². The predicted molar refractivity (Wildman–Crippen MR) is 101 cm³/mol. The molecule has 0 spiro atoms. The van der Waals surface area contributed by atoms with Gasteiger partial charge in [-0.1, -0.05) is 30.3 Å². The van der Waals surface area contributed by atoms with Gasteiger partial charge in [-0.25, -0.2) is 0 Å². The molecule has 0 bridgehead atoms. The molecule has 0 atom stereocenters. The van der Waals surface area contributed by atoms with E-state index in [1.54, 1.807) is 0 Å². The zero-order valence-electron chi connectivity index (χ0n) is 13.8. The lowest BCUT2D eigenvalue weighted by atomic mass is 10.2. The van der Waals surface area contributed by atoms with Gasteiger partial charge in [0, 0.05) is 36.3 Å². The fourth-order valence-corrected chi connectivity index (χ4v) is 3.51. The number of hydrogen-bond donors (Lipinski definition) is 0. The van der Waals surface area contributed by atoms with E-state index in [1.807, 2.05) is 24.3 Å². The average Bonchev–Trinajstić information content (AvgIpc) is 3.12. The van der Waals surface area contributed by atoms with Crippen LogP contribution in [-0.2, 0) is 6.54 Å². The molecule has 5 nitrogen and oxygen atoms in total. The van der Waals surface area contributed by atoms with Gasteiger partial charge in [0.05, 0.1) is 12.1 Å². The lowest BCUT2D eigenvalue weighted by Crippen LogP contribution is -2.46. The van der Waals surface area contributed by atoms with Gasteiger partial charge in [0.1, 0.15) is 0 Å². The van der Waals surface area contributed by atoms with Crippen molar-refractivity contribution in [3.05, 3.63) is 65.0 Å². The third-order valence-electron chi connectivity index (χ3n) is 4.42. The molecule has 1 aromatic heterocycles. The number of rotatable bonds is 4. The summed E-state index contributed by atoms with van der Waals surface area (Å²) in [7, 11) is 0. The van der Waals surface area contributed by atoms with E-state index >= 15 is 0 Å². The summed E-state index contributed by atoms with van der Waals surface area (Å²) in [6.07, 6.45) is 0. The van der Waals surface area contributed by atoms with E-state index in [9.17, 15) is 0 Å². The quantitative estimate of drug-likeness (QED) is 0.668. The van der Waals surface area contributed by atoms with Crippen molar-refractivity contribution in [1.29, 1.82) is 0 Å². The van der Waals surface area contributed by atoms with E-state index in [4.69, 9.17) is 4.42 Å². The summed E-state index contributed by atoms with van der Waals surface area (Å²) in [5.41, 5.74) is 2.21. The number of hydrogen-bond acceptors (Lipinski definition) is 5. The van der Waals surface area contributed by atoms with Crippen molar-refractivity contribution in [2.45, 2.75) is 6.54 Å². The van der Waals surface area contributed by atoms with Crippen LogP contribution in [-0.4, -0.2) is 41.3 Å². The number of para-hydroxylation sites is 1. The first kappa shape index (κ1) is 16.3. The molecule has 0 unspecified atom stereocenters.